The summed E-state index contributed by atoms with van der Waals surface area (Å²) in [5.74, 6) is 1.81. The molecule has 1 atom stereocenters. The smallest absolute Gasteiger partial charge is 0.137 e. The van der Waals surface area contributed by atoms with E-state index in [1.807, 2.05) is 6.07 Å². The minimum Gasteiger partial charge on any atom is -0.492 e. The first-order valence-corrected chi connectivity index (χ1v) is 4.76. The van der Waals surface area contributed by atoms with Gasteiger partial charge in [-0.25, -0.2) is 4.98 Å². The van der Waals surface area contributed by atoms with Gasteiger partial charge in [-0.2, -0.15) is 0 Å². The third-order valence-electron chi connectivity index (χ3n) is 2.27. The molecule has 1 aliphatic heterocycles. The third kappa shape index (κ3) is 2.35. The summed E-state index contributed by atoms with van der Waals surface area (Å²) in [5.41, 5.74) is 5.46. The normalized spacial score (nSPS) is 21.0. The number of rotatable bonds is 3. The fourth-order valence-corrected chi connectivity index (χ4v) is 1.41. The number of nitrogen functional groups attached to an aromatic ring is 1. The highest BCUT2D eigenvalue weighted by Crippen LogP contribution is 2.15. The standard InChI is InChI=1S/C10H14N2O2/c11-10-2-1-9(5-12-10)14-7-8-3-4-13-6-8/h1-2,5,8H,3-4,6-7H2,(H2,11,12). The van der Waals surface area contributed by atoms with Crippen molar-refractivity contribution in [3.05, 3.63) is 18.3 Å². The first-order valence-electron chi connectivity index (χ1n) is 4.76. The second-order valence-electron chi connectivity index (χ2n) is 3.46. The Morgan fingerprint density at radius 1 is 1.57 bits per heavy atom. The van der Waals surface area contributed by atoms with E-state index in [0.717, 1.165) is 25.4 Å². The van der Waals surface area contributed by atoms with Crippen molar-refractivity contribution in [2.24, 2.45) is 5.92 Å². The highest BCUT2D eigenvalue weighted by Gasteiger charge is 2.15. The van der Waals surface area contributed by atoms with Crippen LogP contribution in [-0.2, 0) is 4.74 Å². The summed E-state index contributed by atoms with van der Waals surface area (Å²) in [6, 6.07) is 3.57. The lowest BCUT2D eigenvalue weighted by molar-refractivity contribution is 0.167. The van der Waals surface area contributed by atoms with E-state index in [9.17, 15) is 0 Å². The van der Waals surface area contributed by atoms with Crippen LogP contribution in [0.3, 0.4) is 0 Å². The molecule has 0 aliphatic carbocycles. The number of nitrogens with zero attached hydrogens (tertiary/aromatic N) is 1. The molecule has 0 spiro atoms. The Hall–Kier alpha value is -1.29. The van der Waals surface area contributed by atoms with E-state index >= 15 is 0 Å². The topological polar surface area (TPSA) is 57.4 Å². The van der Waals surface area contributed by atoms with Crippen LogP contribution in [0.25, 0.3) is 0 Å². The second-order valence-corrected chi connectivity index (χ2v) is 3.46. The molecule has 1 aliphatic rings. The van der Waals surface area contributed by atoms with Crippen LogP contribution in [0.1, 0.15) is 6.42 Å². The molecular formula is C10H14N2O2. The van der Waals surface area contributed by atoms with Crippen molar-refractivity contribution >= 4 is 5.82 Å². The van der Waals surface area contributed by atoms with Gasteiger partial charge in [-0.15, -0.1) is 0 Å². The zero-order valence-corrected chi connectivity index (χ0v) is 7.98. The summed E-state index contributed by atoms with van der Waals surface area (Å²) in [4.78, 5) is 3.95. The third-order valence-corrected chi connectivity index (χ3v) is 2.27. The average Bonchev–Trinajstić information content (AvgIpc) is 2.70. The number of nitrogens with two attached hydrogens (primary N) is 1. The minimum atomic E-state index is 0.515. The summed E-state index contributed by atoms with van der Waals surface area (Å²) in [6.45, 7) is 2.36. The van der Waals surface area contributed by atoms with Crippen molar-refractivity contribution in [2.75, 3.05) is 25.6 Å². The van der Waals surface area contributed by atoms with E-state index in [0.29, 0.717) is 18.3 Å². The fourth-order valence-electron chi connectivity index (χ4n) is 1.41. The van der Waals surface area contributed by atoms with Gasteiger partial charge in [-0.1, -0.05) is 0 Å². The molecule has 1 fully saturated rings. The molecule has 1 aromatic heterocycles. The molecule has 2 heterocycles. The van der Waals surface area contributed by atoms with E-state index < -0.39 is 0 Å². The quantitative estimate of drug-likeness (QED) is 0.782. The molecule has 2 rings (SSSR count). The number of hydrogen-bond acceptors (Lipinski definition) is 4. The summed E-state index contributed by atoms with van der Waals surface area (Å²) >= 11 is 0. The van der Waals surface area contributed by atoms with Crippen LogP contribution in [0.2, 0.25) is 0 Å². The first-order chi connectivity index (χ1) is 6.84. The van der Waals surface area contributed by atoms with Crippen molar-refractivity contribution in [3.63, 3.8) is 0 Å². The summed E-state index contributed by atoms with van der Waals surface area (Å²) in [6.07, 6.45) is 2.73. The van der Waals surface area contributed by atoms with Crippen molar-refractivity contribution in [2.45, 2.75) is 6.42 Å². The molecule has 1 saturated heterocycles. The van der Waals surface area contributed by atoms with Gasteiger partial charge >= 0.3 is 0 Å². The average molecular weight is 194 g/mol. The van der Waals surface area contributed by atoms with E-state index in [2.05, 4.69) is 4.98 Å². The Kier molecular flexibility index (Phi) is 2.84. The van der Waals surface area contributed by atoms with E-state index in [1.165, 1.54) is 0 Å². The Bertz CT molecular complexity index is 281. The predicted octanol–water partition coefficient (Wildman–Crippen LogP) is 1.08. The molecule has 0 amide bonds. The number of pyridine rings is 1. The van der Waals surface area contributed by atoms with Crippen LogP contribution >= 0.6 is 0 Å². The molecule has 76 valence electrons. The van der Waals surface area contributed by atoms with Crippen molar-refractivity contribution < 1.29 is 9.47 Å². The van der Waals surface area contributed by atoms with Gasteiger partial charge in [-0.05, 0) is 18.6 Å². The zero-order valence-electron chi connectivity index (χ0n) is 7.98. The molecule has 2 N–H and O–H groups in total. The van der Waals surface area contributed by atoms with Crippen LogP contribution in [0.15, 0.2) is 18.3 Å². The Morgan fingerprint density at radius 3 is 3.14 bits per heavy atom. The van der Waals surface area contributed by atoms with Gasteiger partial charge in [0.25, 0.3) is 0 Å². The van der Waals surface area contributed by atoms with E-state index in [4.69, 9.17) is 15.2 Å². The van der Waals surface area contributed by atoms with Gasteiger partial charge in [0.15, 0.2) is 0 Å². The molecule has 0 aromatic carbocycles. The van der Waals surface area contributed by atoms with Gasteiger partial charge in [0.1, 0.15) is 11.6 Å². The maximum absolute atomic E-state index is 5.55. The van der Waals surface area contributed by atoms with Gasteiger partial charge in [0.05, 0.1) is 19.4 Å². The number of aromatic nitrogens is 1. The van der Waals surface area contributed by atoms with Crippen LogP contribution < -0.4 is 10.5 Å². The lowest BCUT2D eigenvalue weighted by Gasteiger charge is -2.09. The van der Waals surface area contributed by atoms with Gasteiger partial charge in [0, 0.05) is 12.5 Å². The van der Waals surface area contributed by atoms with Gasteiger partial charge in [0.2, 0.25) is 0 Å². The molecule has 0 bridgehead atoms. The first kappa shape index (κ1) is 9.27. The van der Waals surface area contributed by atoms with Crippen molar-refractivity contribution in [1.82, 2.24) is 4.98 Å². The van der Waals surface area contributed by atoms with Gasteiger partial charge < -0.3 is 15.2 Å². The van der Waals surface area contributed by atoms with E-state index in [-0.39, 0.29) is 0 Å². The van der Waals surface area contributed by atoms with Crippen LogP contribution in [0, 0.1) is 5.92 Å². The highest BCUT2D eigenvalue weighted by molar-refractivity contribution is 5.32. The minimum absolute atomic E-state index is 0.515. The Balaban J connectivity index is 1.82. The molecule has 4 nitrogen and oxygen atoms in total. The number of anilines is 1. The molecule has 14 heavy (non-hydrogen) atoms. The van der Waals surface area contributed by atoms with Crippen LogP contribution in [0.5, 0.6) is 5.75 Å². The van der Waals surface area contributed by atoms with Crippen molar-refractivity contribution in [3.8, 4) is 5.75 Å². The summed E-state index contributed by atoms with van der Waals surface area (Å²) < 4.78 is 10.8. The predicted molar refractivity (Wildman–Crippen MR) is 53.1 cm³/mol. The molecule has 0 radical (unpaired) electrons. The molecular weight excluding hydrogens is 180 g/mol. The lowest BCUT2D eigenvalue weighted by Crippen LogP contribution is -2.11. The molecule has 0 saturated carbocycles. The summed E-state index contributed by atoms with van der Waals surface area (Å²) in [7, 11) is 0. The van der Waals surface area contributed by atoms with Crippen molar-refractivity contribution in [1.29, 1.82) is 0 Å². The molecule has 1 aromatic rings. The van der Waals surface area contributed by atoms with Crippen LogP contribution in [-0.4, -0.2) is 24.8 Å². The Morgan fingerprint density at radius 2 is 2.50 bits per heavy atom. The molecule has 4 heteroatoms. The lowest BCUT2D eigenvalue weighted by atomic mass is 10.1. The SMILES string of the molecule is Nc1ccc(OCC2CCOC2)cn1. The fraction of sp³-hybridized carbons (Fsp3) is 0.500. The second kappa shape index (κ2) is 4.28. The summed E-state index contributed by atoms with van der Waals surface area (Å²) in [5, 5.41) is 0. The van der Waals surface area contributed by atoms with Crippen LogP contribution in [0.4, 0.5) is 5.82 Å². The Labute approximate surface area is 83.0 Å². The maximum Gasteiger partial charge on any atom is 0.137 e. The zero-order chi connectivity index (χ0) is 9.80. The number of ether oxygens (including phenoxy) is 2. The van der Waals surface area contributed by atoms with Gasteiger partial charge in [-0.3, -0.25) is 0 Å². The molecule has 1 unspecified atom stereocenters. The number of hydrogen-bond donors (Lipinski definition) is 1. The largest absolute Gasteiger partial charge is 0.492 e. The maximum atomic E-state index is 5.55. The van der Waals surface area contributed by atoms with E-state index in [1.54, 1.807) is 12.3 Å². The monoisotopic (exact) mass is 194 g/mol. The highest BCUT2D eigenvalue weighted by atomic mass is 16.5.